The van der Waals surface area contributed by atoms with Gasteiger partial charge in [-0.05, 0) is 33.6 Å². The molecule has 9 heteroatoms. The number of hydrogen-bond donors (Lipinski definition) is 3. The maximum absolute atomic E-state index is 12.6. The van der Waals surface area contributed by atoms with Gasteiger partial charge in [-0.2, -0.15) is 13.2 Å². The van der Waals surface area contributed by atoms with Crippen molar-refractivity contribution in [2.45, 2.75) is 51.4 Å². The molecular formula is C12H21F3N2O4. The number of rotatable bonds is 8. The lowest BCUT2D eigenvalue weighted by molar-refractivity contribution is -0.203. The average Bonchev–Trinajstić information content (AvgIpc) is 2.31. The van der Waals surface area contributed by atoms with E-state index in [-0.39, 0.29) is 12.6 Å². The van der Waals surface area contributed by atoms with Gasteiger partial charge in [0, 0.05) is 13.2 Å². The quantitative estimate of drug-likeness (QED) is 0.597. The van der Waals surface area contributed by atoms with Crippen LogP contribution < -0.4 is 10.6 Å². The summed E-state index contributed by atoms with van der Waals surface area (Å²) in [6.45, 7) is 4.74. The lowest BCUT2D eigenvalue weighted by atomic mass is 10.0. The van der Waals surface area contributed by atoms with Crippen LogP contribution in [0, 0.1) is 0 Å². The predicted molar refractivity (Wildman–Crippen MR) is 69.0 cm³/mol. The fraction of sp³-hybridized carbons (Fsp3) is 0.833. The molecule has 0 aliphatic heterocycles. The zero-order valence-corrected chi connectivity index (χ0v) is 12.2. The minimum absolute atomic E-state index is 0.0873. The highest BCUT2D eigenvalue weighted by atomic mass is 19.4. The number of aliphatic carboxylic acids is 1. The first-order valence-electron chi connectivity index (χ1n) is 6.48. The molecule has 0 rings (SSSR count). The summed E-state index contributed by atoms with van der Waals surface area (Å²) in [6, 6.07) is -1.18. The Balaban J connectivity index is 4.16. The summed E-state index contributed by atoms with van der Waals surface area (Å²) in [7, 11) is 0. The summed E-state index contributed by atoms with van der Waals surface area (Å²) in [6.07, 6.45) is -3.87. The highest BCUT2D eigenvalue weighted by molar-refractivity contribution is 5.86. The van der Waals surface area contributed by atoms with E-state index in [0.29, 0.717) is 26.4 Å². The first-order valence-corrected chi connectivity index (χ1v) is 6.48. The van der Waals surface area contributed by atoms with Crippen LogP contribution in [0.1, 0.15) is 33.6 Å². The second kappa shape index (κ2) is 8.06. The Morgan fingerprint density at radius 1 is 1.24 bits per heavy atom. The number of amides is 2. The van der Waals surface area contributed by atoms with E-state index in [0.717, 1.165) is 0 Å². The molecule has 1 unspecified atom stereocenters. The lowest BCUT2D eigenvalue weighted by Gasteiger charge is -2.28. The van der Waals surface area contributed by atoms with Crippen LogP contribution in [-0.4, -0.2) is 48.1 Å². The number of urea groups is 1. The molecule has 0 aliphatic carbocycles. The lowest BCUT2D eigenvalue weighted by Crippen LogP contribution is -2.63. The molecule has 21 heavy (non-hydrogen) atoms. The SMILES string of the molecule is CC(C)OCCCCNC(=O)NC(C)(C(=O)O)C(F)(F)F. The Morgan fingerprint density at radius 3 is 2.24 bits per heavy atom. The summed E-state index contributed by atoms with van der Waals surface area (Å²) >= 11 is 0. The van der Waals surface area contributed by atoms with E-state index in [1.54, 1.807) is 0 Å². The van der Waals surface area contributed by atoms with Gasteiger partial charge < -0.3 is 20.5 Å². The third kappa shape index (κ3) is 6.65. The van der Waals surface area contributed by atoms with Crippen LogP contribution in [0.5, 0.6) is 0 Å². The average molecular weight is 314 g/mol. The van der Waals surface area contributed by atoms with Crippen molar-refractivity contribution in [2.24, 2.45) is 0 Å². The van der Waals surface area contributed by atoms with Crippen molar-refractivity contribution in [3.8, 4) is 0 Å². The molecule has 6 nitrogen and oxygen atoms in total. The molecule has 2 amide bonds. The second-order valence-electron chi connectivity index (χ2n) is 4.94. The van der Waals surface area contributed by atoms with Crippen LogP contribution in [0.2, 0.25) is 0 Å². The molecule has 124 valence electrons. The fourth-order valence-corrected chi connectivity index (χ4v) is 1.26. The van der Waals surface area contributed by atoms with E-state index in [1.165, 1.54) is 5.32 Å². The van der Waals surface area contributed by atoms with E-state index in [9.17, 15) is 22.8 Å². The highest BCUT2D eigenvalue weighted by Crippen LogP contribution is 2.30. The molecule has 0 radical (unpaired) electrons. The molecule has 3 N–H and O–H groups in total. The van der Waals surface area contributed by atoms with Gasteiger partial charge in [-0.3, -0.25) is 0 Å². The van der Waals surface area contributed by atoms with Crippen molar-refractivity contribution in [1.29, 1.82) is 0 Å². The monoisotopic (exact) mass is 314 g/mol. The van der Waals surface area contributed by atoms with Crippen molar-refractivity contribution in [1.82, 2.24) is 10.6 Å². The molecule has 0 spiro atoms. The Kier molecular flexibility index (Phi) is 7.48. The predicted octanol–water partition coefficient (Wildman–Crippen LogP) is 1.90. The van der Waals surface area contributed by atoms with Gasteiger partial charge in [-0.1, -0.05) is 0 Å². The number of hydrogen-bond acceptors (Lipinski definition) is 3. The fourth-order valence-electron chi connectivity index (χ4n) is 1.26. The molecule has 0 saturated carbocycles. The van der Waals surface area contributed by atoms with Crippen molar-refractivity contribution in [3.63, 3.8) is 0 Å². The number of carboxylic acid groups (broad SMARTS) is 1. The Bertz CT molecular complexity index is 361. The van der Waals surface area contributed by atoms with E-state index < -0.39 is 23.7 Å². The van der Waals surface area contributed by atoms with Crippen LogP contribution in [0.4, 0.5) is 18.0 Å². The smallest absolute Gasteiger partial charge is 0.422 e. The molecule has 0 aromatic heterocycles. The summed E-state index contributed by atoms with van der Waals surface area (Å²) in [5.41, 5.74) is -3.32. The zero-order valence-electron chi connectivity index (χ0n) is 12.2. The van der Waals surface area contributed by atoms with Crippen molar-refractivity contribution < 1.29 is 32.6 Å². The third-order valence-corrected chi connectivity index (χ3v) is 2.67. The minimum Gasteiger partial charge on any atom is -0.479 e. The molecule has 0 bridgehead atoms. The van der Waals surface area contributed by atoms with Gasteiger partial charge in [0.15, 0.2) is 0 Å². The normalized spacial score (nSPS) is 14.6. The number of ether oxygens (including phenoxy) is 1. The number of nitrogens with one attached hydrogen (secondary N) is 2. The van der Waals surface area contributed by atoms with Gasteiger partial charge in [-0.25, -0.2) is 9.59 Å². The first kappa shape index (κ1) is 19.5. The summed E-state index contributed by atoms with van der Waals surface area (Å²) < 4.78 is 43.2. The van der Waals surface area contributed by atoms with Gasteiger partial charge in [-0.15, -0.1) is 0 Å². The number of carbonyl (C=O) groups is 2. The van der Waals surface area contributed by atoms with Gasteiger partial charge in [0.25, 0.3) is 0 Å². The minimum atomic E-state index is -5.10. The second-order valence-corrected chi connectivity index (χ2v) is 4.94. The Morgan fingerprint density at radius 2 is 1.81 bits per heavy atom. The van der Waals surface area contributed by atoms with Gasteiger partial charge in [0.05, 0.1) is 6.10 Å². The third-order valence-electron chi connectivity index (χ3n) is 2.67. The van der Waals surface area contributed by atoms with Crippen molar-refractivity contribution in [3.05, 3.63) is 0 Å². The van der Waals surface area contributed by atoms with Crippen LogP contribution in [0.3, 0.4) is 0 Å². The molecule has 0 aliphatic rings. The van der Waals surface area contributed by atoms with E-state index in [1.807, 2.05) is 13.8 Å². The van der Waals surface area contributed by atoms with Crippen LogP contribution >= 0.6 is 0 Å². The summed E-state index contributed by atoms with van der Waals surface area (Å²) in [5.74, 6) is -2.17. The molecule has 0 aromatic rings. The molecule has 0 heterocycles. The molecular weight excluding hydrogens is 293 g/mol. The standard InChI is InChI=1S/C12H21F3N2O4/c1-8(2)21-7-5-4-6-16-10(20)17-11(3,9(18)19)12(13,14)15/h8H,4-7H2,1-3H3,(H,18,19)(H2,16,17,20). The summed E-state index contributed by atoms with van der Waals surface area (Å²) in [5, 5.41) is 12.3. The number of carboxylic acids is 1. The van der Waals surface area contributed by atoms with Gasteiger partial charge >= 0.3 is 18.2 Å². The topological polar surface area (TPSA) is 87.7 Å². The Hall–Kier alpha value is -1.51. The molecule has 0 aromatic carbocycles. The first-order chi connectivity index (χ1) is 9.50. The maximum Gasteiger partial charge on any atom is 0.422 e. The van der Waals surface area contributed by atoms with E-state index in [4.69, 9.17) is 9.84 Å². The largest absolute Gasteiger partial charge is 0.479 e. The number of carbonyl (C=O) groups excluding carboxylic acids is 1. The number of alkyl halides is 3. The van der Waals surface area contributed by atoms with Crippen molar-refractivity contribution in [2.75, 3.05) is 13.2 Å². The zero-order chi connectivity index (χ0) is 16.7. The molecule has 0 fully saturated rings. The van der Waals surface area contributed by atoms with Crippen LogP contribution in [0.25, 0.3) is 0 Å². The van der Waals surface area contributed by atoms with E-state index >= 15 is 0 Å². The summed E-state index contributed by atoms with van der Waals surface area (Å²) in [4.78, 5) is 22.0. The highest BCUT2D eigenvalue weighted by Gasteiger charge is 2.58. The molecule has 0 saturated heterocycles. The van der Waals surface area contributed by atoms with Crippen LogP contribution in [0.15, 0.2) is 0 Å². The number of halogens is 3. The Labute approximate surface area is 121 Å². The number of unbranched alkanes of at least 4 members (excludes halogenated alkanes) is 1. The van der Waals surface area contributed by atoms with Crippen molar-refractivity contribution >= 4 is 12.0 Å². The van der Waals surface area contributed by atoms with Gasteiger partial charge in [0.2, 0.25) is 5.54 Å². The maximum atomic E-state index is 12.6. The molecule has 1 atom stereocenters. The van der Waals surface area contributed by atoms with E-state index in [2.05, 4.69) is 5.32 Å². The van der Waals surface area contributed by atoms with Gasteiger partial charge in [0.1, 0.15) is 0 Å². The van der Waals surface area contributed by atoms with Crippen LogP contribution in [-0.2, 0) is 9.53 Å².